The van der Waals surface area contributed by atoms with Crippen molar-refractivity contribution in [3.8, 4) is 0 Å². The Labute approximate surface area is 431 Å². The number of carboxylic acid groups (broad SMARTS) is 2. The molecule has 1 aliphatic heterocycles. The van der Waals surface area contributed by atoms with Gasteiger partial charge in [0, 0.05) is 50.0 Å². The number of aromatic amines is 1. The average molecular weight is 1030 g/mol. The number of allylic oxidation sites excluding steroid dienone is 2. The van der Waals surface area contributed by atoms with Crippen LogP contribution in [0.15, 0.2) is 96.9 Å². The number of amides is 7. The van der Waals surface area contributed by atoms with Crippen LogP contribution in [0.5, 0.6) is 0 Å². The van der Waals surface area contributed by atoms with E-state index in [1.54, 1.807) is 63.6 Å². The first-order valence-electron chi connectivity index (χ1n) is 24.6. The summed E-state index contributed by atoms with van der Waals surface area (Å²) >= 11 is 0. The van der Waals surface area contributed by atoms with Crippen LogP contribution >= 0.6 is 0 Å². The van der Waals surface area contributed by atoms with Gasteiger partial charge >= 0.3 is 11.9 Å². The van der Waals surface area contributed by atoms with Gasteiger partial charge in [-0.15, -0.1) is 0 Å². The molecule has 9 N–H and O–H groups in total. The number of ether oxygens (including phenoxy) is 1. The van der Waals surface area contributed by atoms with Crippen molar-refractivity contribution in [2.24, 2.45) is 23.7 Å². The van der Waals surface area contributed by atoms with Gasteiger partial charge in [-0.25, -0.2) is 9.59 Å². The van der Waals surface area contributed by atoms with Crippen LogP contribution in [-0.2, 0) is 60.7 Å². The van der Waals surface area contributed by atoms with E-state index in [0.29, 0.717) is 22.9 Å². The highest BCUT2D eigenvalue weighted by atomic mass is 16.5. The summed E-state index contributed by atoms with van der Waals surface area (Å²) in [4.78, 5) is 127. The van der Waals surface area contributed by atoms with Crippen molar-refractivity contribution < 1.29 is 58.1 Å². The van der Waals surface area contributed by atoms with Crippen LogP contribution in [0, 0.1) is 23.7 Å². The number of carbonyl (C=O) groups excluding carboxylic acids is 7. The molecule has 2 aromatic carbocycles. The fraction of sp³-hybridized carbons (Fsp3) is 0.463. The first-order valence-corrected chi connectivity index (χ1v) is 24.6. The van der Waals surface area contributed by atoms with Gasteiger partial charge in [0.2, 0.25) is 35.4 Å². The van der Waals surface area contributed by atoms with Gasteiger partial charge in [0.15, 0.2) is 0 Å². The van der Waals surface area contributed by atoms with Gasteiger partial charge < -0.3 is 56.7 Å². The van der Waals surface area contributed by atoms with E-state index in [1.807, 2.05) is 50.3 Å². The quantitative estimate of drug-likeness (QED) is 0.0881. The summed E-state index contributed by atoms with van der Waals surface area (Å²) in [6.45, 7) is 15.1. The third-order valence-corrected chi connectivity index (χ3v) is 13.1. The molecule has 1 fully saturated rings. The molecular weight excluding hydrogens is 953 g/mol. The number of nitrogens with zero attached hydrogens (tertiary/aromatic N) is 1. The summed E-state index contributed by atoms with van der Waals surface area (Å²) in [7, 11) is 2.85. The van der Waals surface area contributed by atoms with Crippen LogP contribution < -0.4 is 31.9 Å². The Hall–Kier alpha value is -7.61. The number of aliphatic carboxylic acids is 2. The van der Waals surface area contributed by atoms with Crippen molar-refractivity contribution in [2.75, 3.05) is 14.2 Å². The molecule has 74 heavy (non-hydrogen) atoms. The van der Waals surface area contributed by atoms with E-state index in [1.165, 1.54) is 27.8 Å². The highest BCUT2D eigenvalue weighted by molar-refractivity contribution is 6.00. The van der Waals surface area contributed by atoms with E-state index in [9.17, 15) is 53.4 Å². The minimum atomic E-state index is -1.89. The molecule has 400 valence electrons. The summed E-state index contributed by atoms with van der Waals surface area (Å²) in [5, 5.41) is 36.7. The Morgan fingerprint density at radius 3 is 2.04 bits per heavy atom. The molecule has 0 saturated carbocycles. The number of likely N-dealkylation sites (N-methyl/N-ethyl adjacent to an activating group) is 1. The Morgan fingerprint density at radius 2 is 1.41 bits per heavy atom. The monoisotopic (exact) mass is 1020 g/mol. The number of hydrogen-bond acceptors (Lipinski definition) is 10. The number of para-hydroxylation sites is 1. The molecule has 1 aliphatic rings. The Balaban J connectivity index is 1.75. The molecule has 3 aromatic rings. The number of fused-ring (bicyclic) bond motifs is 1. The predicted molar refractivity (Wildman–Crippen MR) is 276 cm³/mol. The maximum Gasteiger partial charge on any atom is 0.327 e. The Bertz CT molecular complexity index is 2590. The van der Waals surface area contributed by atoms with Crippen molar-refractivity contribution >= 4 is 64.2 Å². The Morgan fingerprint density at radius 1 is 0.784 bits per heavy atom. The molecule has 7 amide bonds. The Kier molecular flexibility index (Phi) is 21.9. The normalized spacial score (nSPS) is 24.9. The highest BCUT2D eigenvalue weighted by Gasteiger charge is 2.38. The van der Waals surface area contributed by atoms with Gasteiger partial charge in [-0.05, 0) is 56.2 Å². The molecule has 0 unspecified atom stereocenters. The lowest BCUT2D eigenvalue weighted by molar-refractivity contribution is -0.146. The summed E-state index contributed by atoms with van der Waals surface area (Å²) in [6.07, 6.45) is 6.26. The number of carbonyl (C=O) groups is 9. The fourth-order valence-electron chi connectivity index (χ4n) is 8.41. The lowest BCUT2D eigenvalue weighted by atomic mass is 9.94. The van der Waals surface area contributed by atoms with Crippen LogP contribution in [-0.4, -0.2) is 130 Å². The van der Waals surface area contributed by atoms with Crippen molar-refractivity contribution in [3.63, 3.8) is 0 Å². The zero-order valence-electron chi connectivity index (χ0n) is 43.5. The zero-order valence-corrected chi connectivity index (χ0v) is 43.5. The summed E-state index contributed by atoms with van der Waals surface area (Å²) < 4.78 is 5.83. The van der Waals surface area contributed by atoms with Crippen LogP contribution in [0.25, 0.3) is 10.9 Å². The van der Waals surface area contributed by atoms with Crippen LogP contribution in [0.3, 0.4) is 0 Å². The lowest BCUT2D eigenvalue weighted by Gasteiger charge is -2.29. The van der Waals surface area contributed by atoms with Crippen LogP contribution in [0.1, 0.15) is 78.9 Å². The second-order valence-corrected chi connectivity index (χ2v) is 19.4. The number of rotatable bonds is 13. The van der Waals surface area contributed by atoms with Gasteiger partial charge in [-0.3, -0.25) is 33.6 Å². The van der Waals surface area contributed by atoms with Gasteiger partial charge in [-0.2, -0.15) is 0 Å². The number of methoxy groups -OCH3 is 1. The van der Waals surface area contributed by atoms with Crippen LogP contribution in [0.2, 0.25) is 0 Å². The molecule has 0 radical (unpaired) electrons. The maximum absolute atomic E-state index is 14.4. The summed E-state index contributed by atoms with van der Waals surface area (Å²) in [5.74, 6) is -12.1. The number of hydrogen-bond donors (Lipinski definition) is 9. The molecule has 0 aliphatic carbocycles. The molecule has 20 nitrogen and oxygen atoms in total. The third-order valence-electron chi connectivity index (χ3n) is 13.1. The maximum atomic E-state index is 14.4. The number of benzene rings is 2. The van der Waals surface area contributed by atoms with E-state index >= 15 is 0 Å². The summed E-state index contributed by atoms with van der Waals surface area (Å²) in [6, 6.07) is 8.20. The molecule has 0 bridgehead atoms. The second-order valence-electron chi connectivity index (χ2n) is 19.4. The van der Waals surface area contributed by atoms with Gasteiger partial charge in [0.05, 0.1) is 24.0 Å². The molecule has 1 aromatic heterocycles. The molecule has 2 heterocycles. The highest BCUT2D eigenvalue weighted by Crippen LogP contribution is 2.21. The van der Waals surface area contributed by atoms with Gasteiger partial charge in [0.25, 0.3) is 5.91 Å². The topological polar surface area (TPSA) is 295 Å². The number of carboxylic acids is 2. The zero-order chi connectivity index (χ0) is 55.0. The van der Waals surface area contributed by atoms with Crippen molar-refractivity contribution in [3.05, 3.63) is 108 Å². The van der Waals surface area contributed by atoms with E-state index in [0.717, 1.165) is 16.0 Å². The molecule has 0 spiro atoms. The molecule has 20 heteroatoms. The van der Waals surface area contributed by atoms with Crippen LogP contribution in [0.4, 0.5) is 0 Å². The van der Waals surface area contributed by atoms with E-state index < -0.39 is 120 Å². The number of H-pyrrole nitrogens is 1. The second kappa shape index (κ2) is 27.4. The molecule has 10 atom stereocenters. The van der Waals surface area contributed by atoms with E-state index in [2.05, 4.69) is 43.5 Å². The SMILES string of the molecule is C=C1C(=O)N[C@H](C)C(=O)N[C@@H](Cc2c[nH]c3ccccc23)C(=O)N[C@@H](C(=O)O)[C@H](C)C(=O)N[C@@H](CC(C)C)C(=O)N[C@@H](/C=C/C(C)=C/[C@H](C)[C@H](Cc2ccccc2)OC)[C@H](C)C(=O)N[C@@H](C(=O)O)CCC(=O)N1C. The fourth-order valence-corrected chi connectivity index (χ4v) is 8.41. The average Bonchev–Trinajstić information content (AvgIpc) is 3.77. The van der Waals surface area contributed by atoms with E-state index in [4.69, 9.17) is 4.74 Å². The first-order chi connectivity index (χ1) is 34.9. The summed E-state index contributed by atoms with van der Waals surface area (Å²) in [5.41, 5.74) is 2.68. The van der Waals surface area contributed by atoms with Gasteiger partial charge in [0.1, 0.15) is 35.9 Å². The number of aromatic nitrogens is 1. The van der Waals surface area contributed by atoms with Crippen molar-refractivity contribution in [1.82, 2.24) is 41.8 Å². The van der Waals surface area contributed by atoms with Crippen molar-refractivity contribution in [1.29, 1.82) is 0 Å². The molecular formula is C54H72N8O12. The predicted octanol–water partition coefficient (Wildman–Crippen LogP) is 3.29. The van der Waals surface area contributed by atoms with Crippen molar-refractivity contribution in [2.45, 2.75) is 123 Å². The number of nitrogens with one attached hydrogen (secondary N) is 7. The molecule has 4 rings (SSSR count). The minimum Gasteiger partial charge on any atom is -0.480 e. The first kappa shape index (κ1) is 59.0. The molecule has 1 saturated heterocycles. The van der Waals surface area contributed by atoms with Gasteiger partial charge in [-0.1, -0.05) is 114 Å². The minimum absolute atomic E-state index is 0.0467. The third kappa shape index (κ3) is 16.7. The van der Waals surface area contributed by atoms with E-state index in [-0.39, 0.29) is 30.8 Å². The largest absolute Gasteiger partial charge is 0.480 e. The smallest absolute Gasteiger partial charge is 0.327 e. The standard InChI is InChI=1S/C54H72N8O12/c1-29(2)24-42-51(68)57-39(21-20-30(3)25-31(4)44(74-10)26-36-16-12-11-13-17-36)32(5)47(64)58-41(53(70)71)22-23-45(63)62(9)35(8)50(67)56-34(7)49(66)60-43(27-37-28-55-40-19-15-14-18-38(37)40)52(69)61-46(54(72)73)33(6)48(65)59-42/h11-21,25,28-29,31-34,39,41-44,46,55H,8,22-24,26-27H2,1-7,9-10H3,(H,56,67)(H,57,68)(H,58,64)(H,59,65)(H,60,66)(H,61,69)(H,70,71)(H,72,73)/b21-20+,30-25+/t31-,32-,33-,34+,39-,41+,42-,43-,44-,46+/m0/s1. The lowest BCUT2D eigenvalue weighted by Crippen LogP contribution is -2.59.